The van der Waals surface area contributed by atoms with Crippen molar-refractivity contribution in [3.8, 4) is 0 Å². The van der Waals surface area contributed by atoms with Crippen molar-refractivity contribution in [2.45, 2.75) is 73.8 Å². The number of nitrogens with two attached hydrogens (primary N) is 1. The molecular formula is C21H42N8O4S. The zero-order valence-electron chi connectivity index (χ0n) is 20.0. The Kier molecular flexibility index (Phi) is 9.66. The van der Waals surface area contributed by atoms with Gasteiger partial charge in [0.1, 0.15) is 24.5 Å². The molecule has 13 heteroatoms. The molecule has 0 radical (unpaired) electrons. The zero-order chi connectivity index (χ0) is 24.1. The molecule has 12 nitrogen and oxygen atoms in total. The normalized spacial score (nSPS) is 38.4. The SMILES string of the molecule is CN(CCCNC(=O)NCCC1CCCS1)C[C@H]1O[C@@H](N2CNC3C(N)NCNC32)[C@H](O)[C@@H]1O. The minimum Gasteiger partial charge on any atom is -0.387 e. The predicted molar refractivity (Wildman–Crippen MR) is 131 cm³/mol. The van der Waals surface area contributed by atoms with Crippen molar-refractivity contribution < 1.29 is 19.7 Å². The van der Waals surface area contributed by atoms with Gasteiger partial charge in [0, 0.05) is 31.6 Å². The third-order valence-electron chi connectivity index (χ3n) is 7.18. The summed E-state index contributed by atoms with van der Waals surface area (Å²) in [6.45, 7) is 3.62. The molecule has 0 aliphatic carbocycles. The van der Waals surface area contributed by atoms with Crippen molar-refractivity contribution in [2.75, 3.05) is 52.3 Å². The largest absolute Gasteiger partial charge is 0.387 e. The Morgan fingerprint density at radius 2 is 2.06 bits per heavy atom. The van der Waals surface area contributed by atoms with Crippen LogP contribution in [0.2, 0.25) is 0 Å². The average molecular weight is 503 g/mol. The maximum Gasteiger partial charge on any atom is 0.314 e. The minimum atomic E-state index is -1.00. The molecule has 0 aromatic carbocycles. The summed E-state index contributed by atoms with van der Waals surface area (Å²) in [6, 6.07) is -0.121. The number of nitrogens with one attached hydrogen (secondary N) is 5. The van der Waals surface area contributed by atoms with E-state index in [9.17, 15) is 15.0 Å². The summed E-state index contributed by atoms with van der Waals surface area (Å²) < 4.78 is 6.12. The van der Waals surface area contributed by atoms with Crippen LogP contribution < -0.4 is 32.3 Å². The Hall–Kier alpha value is -0.740. The summed E-state index contributed by atoms with van der Waals surface area (Å²) in [4.78, 5) is 16.0. The molecule has 8 atom stereocenters. The topological polar surface area (TPSA) is 159 Å². The molecule has 2 amide bonds. The van der Waals surface area contributed by atoms with Crippen molar-refractivity contribution in [2.24, 2.45) is 5.73 Å². The first-order valence-electron chi connectivity index (χ1n) is 12.5. The molecule has 4 rings (SSSR count). The number of ether oxygens (including phenoxy) is 1. The lowest BCUT2D eigenvalue weighted by molar-refractivity contribution is -0.106. The van der Waals surface area contributed by atoms with Gasteiger partial charge in [-0.15, -0.1) is 0 Å². The van der Waals surface area contributed by atoms with Crippen LogP contribution in [0.1, 0.15) is 25.7 Å². The zero-order valence-corrected chi connectivity index (χ0v) is 20.8. The number of fused-ring (bicyclic) bond motifs is 1. The van der Waals surface area contributed by atoms with Crippen molar-refractivity contribution in [1.29, 1.82) is 0 Å². The molecule has 0 spiro atoms. The standard InChI is InChI=1S/C21H42N8O4S/c1-28(8-3-6-23-21(32)24-7-5-13-4-2-9-34-13)10-14-16(30)17(31)20(33-14)29-12-27-15-18(22)25-11-26-19(15)29/h13-20,25-27,30-31H,2-12,22H2,1H3,(H2,23,24,32)/t13?,14-,15?,16-,17-,18?,19?,20-/m1/s1. The Morgan fingerprint density at radius 1 is 1.24 bits per heavy atom. The Bertz CT molecular complexity index is 660. The number of urea groups is 1. The van der Waals surface area contributed by atoms with E-state index >= 15 is 0 Å². The first kappa shape index (κ1) is 26.3. The Balaban J connectivity index is 1.12. The first-order chi connectivity index (χ1) is 16.4. The van der Waals surface area contributed by atoms with E-state index in [1.807, 2.05) is 23.7 Å². The minimum absolute atomic E-state index is 0.00489. The molecule has 9 N–H and O–H groups in total. The molecule has 4 saturated heterocycles. The third kappa shape index (κ3) is 6.52. The molecule has 4 aliphatic rings. The van der Waals surface area contributed by atoms with E-state index in [4.69, 9.17) is 10.5 Å². The van der Waals surface area contributed by atoms with E-state index in [1.165, 1.54) is 18.6 Å². The fraction of sp³-hybridized carbons (Fsp3) is 0.952. The van der Waals surface area contributed by atoms with Crippen LogP contribution in [0.3, 0.4) is 0 Å². The number of rotatable bonds is 10. The van der Waals surface area contributed by atoms with Gasteiger partial charge in [-0.05, 0) is 45.0 Å². The number of aliphatic hydroxyl groups is 2. The number of nitrogens with zero attached hydrogens (tertiary/aromatic N) is 2. The highest BCUT2D eigenvalue weighted by Gasteiger charge is 2.51. The first-order valence-corrected chi connectivity index (χ1v) is 13.5. The highest BCUT2D eigenvalue weighted by molar-refractivity contribution is 8.00. The van der Waals surface area contributed by atoms with Crippen molar-refractivity contribution >= 4 is 17.8 Å². The number of amides is 2. The van der Waals surface area contributed by atoms with Gasteiger partial charge in [-0.2, -0.15) is 11.8 Å². The van der Waals surface area contributed by atoms with Crippen LogP contribution in [-0.2, 0) is 4.74 Å². The fourth-order valence-electron chi connectivity index (χ4n) is 5.24. The lowest BCUT2D eigenvalue weighted by atomic mass is 10.1. The van der Waals surface area contributed by atoms with Gasteiger partial charge < -0.3 is 36.2 Å². The van der Waals surface area contributed by atoms with Crippen LogP contribution in [0.4, 0.5) is 4.79 Å². The van der Waals surface area contributed by atoms with E-state index in [0.717, 1.165) is 25.9 Å². The highest BCUT2D eigenvalue weighted by Crippen LogP contribution is 2.29. The average Bonchev–Trinajstić information content (AvgIpc) is 3.54. The van der Waals surface area contributed by atoms with Crippen molar-refractivity contribution in [1.82, 2.24) is 36.4 Å². The van der Waals surface area contributed by atoms with Crippen LogP contribution in [-0.4, -0.2) is 127 Å². The van der Waals surface area contributed by atoms with E-state index in [2.05, 4.69) is 31.5 Å². The number of hydrogen-bond acceptors (Lipinski definition) is 11. The van der Waals surface area contributed by atoms with Gasteiger partial charge in [-0.3, -0.25) is 16.0 Å². The predicted octanol–water partition coefficient (Wildman–Crippen LogP) is -2.67. The van der Waals surface area contributed by atoms with Gasteiger partial charge in [0.25, 0.3) is 0 Å². The smallest absolute Gasteiger partial charge is 0.314 e. The van der Waals surface area contributed by atoms with Crippen LogP contribution in [0.25, 0.3) is 0 Å². The summed E-state index contributed by atoms with van der Waals surface area (Å²) in [5.74, 6) is 1.24. The van der Waals surface area contributed by atoms with E-state index in [-0.39, 0.29) is 24.4 Å². The van der Waals surface area contributed by atoms with Crippen LogP contribution in [0.5, 0.6) is 0 Å². The maximum absolute atomic E-state index is 12.0. The molecule has 4 aliphatic heterocycles. The van der Waals surface area contributed by atoms with Crippen LogP contribution >= 0.6 is 11.8 Å². The molecule has 196 valence electrons. The molecule has 0 aromatic heterocycles. The monoisotopic (exact) mass is 502 g/mol. The quantitative estimate of drug-likeness (QED) is 0.147. The van der Waals surface area contributed by atoms with Gasteiger partial charge in [-0.25, -0.2) is 9.69 Å². The maximum atomic E-state index is 12.0. The summed E-state index contributed by atoms with van der Waals surface area (Å²) in [5, 5.41) is 37.7. The fourth-order valence-corrected chi connectivity index (χ4v) is 6.52. The van der Waals surface area contributed by atoms with Gasteiger partial charge in [-0.1, -0.05) is 0 Å². The van der Waals surface area contributed by atoms with Crippen LogP contribution in [0, 0.1) is 0 Å². The van der Waals surface area contributed by atoms with E-state index < -0.39 is 24.5 Å². The summed E-state index contributed by atoms with van der Waals surface area (Å²) >= 11 is 2.01. The second kappa shape index (κ2) is 12.5. The van der Waals surface area contributed by atoms with Gasteiger partial charge in [0.15, 0.2) is 0 Å². The highest BCUT2D eigenvalue weighted by atomic mass is 32.2. The summed E-state index contributed by atoms with van der Waals surface area (Å²) in [7, 11) is 1.95. The number of likely N-dealkylation sites (N-methyl/N-ethyl adjacent to an activating group) is 1. The second-order valence-electron chi connectivity index (χ2n) is 9.73. The Morgan fingerprint density at radius 3 is 2.85 bits per heavy atom. The second-order valence-corrected chi connectivity index (χ2v) is 11.1. The molecule has 4 heterocycles. The number of carbonyl (C=O) groups is 1. The van der Waals surface area contributed by atoms with Gasteiger partial charge in [0.2, 0.25) is 0 Å². The molecule has 0 aromatic rings. The molecule has 4 fully saturated rings. The summed E-state index contributed by atoms with van der Waals surface area (Å²) in [5.41, 5.74) is 6.13. The number of hydrogen-bond donors (Lipinski definition) is 8. The lowest BCUT2D eigenvalue weighted by Gasteiger charge is -2.38. The number of thioether (sulfide) groups is 1. The van der Waals surface area contributed by atoms with E-state index in [0.29, 0.717) is 31.7 Å². The van der Waals surface area contributed by atoms with Gasteiger partial charge >= 0.3 is 6.03 Å². The molecule has 0 saturated carbocycles. The molecule has 4 unspecified atom stereocenters. The number of carbonyl (C=O) groups excluding carboxylic acids is 1. The Labute approximate surface area is 206 Å². The van der Waals surface area contributed by atoms with Crippen molar-refractivity contribution in [3.05, 3.63) is 0 Å². The molecule has 0 bridgehead atoms. The van der Waals surface area contributed by atoms with Gasteiger partial charge in [0.05, 0.1) is 25.0 Å². The lowest BCUT2D eigenvalue weighted by Crippen LogP contribution is -2.68. The summed E-state index contributed by atoms with van der Waals surface area (Å²) in [6.07, 6.45) is 1.03. The number of aliphatic hydroxyl groups excluding tert-OH is 2. The third-order valence-corrected chi connectivity index (χ3v) is 8.64. The molecule has 34 heavy (non-hydrogen) atoms. The molecular weight excluding hydrogens is 460 g/mol. The van der Waals surface area contributed by atoms with E-state index in [1.54, 1.807) is 0 Å². The van der Waals surface area contributed by atoms with Crippen LogP contribution in [0.15, 0.2) is 0 Å². The van der Waals surface area contributed by atoms with Crippen molar-refractivity contribution in [3.63, 3.8) is 0 Å².